The first kappa shape index (κ1) is 21.9. The summed E-state index contributed by atoms with van der Waals surface area (Å²) >= 11 is 0. The number of anilines is 1. The van der Waals surface area contributed by atoms with Crippen LogP contribution < -0.4 is 5.32 Å². The van der Waals surface area contributed by atoms with Gasteiger partial charge in [0.1, 0.15) is 5.60 Å². The molecule has 2 fully saturated rings. The maximum absolute atomic E-state index is 12.2. The minimum absolute atomic E-state index is 0.186. The molecule has 7 heteroatoms. The van der Waals surface area contributed by atoms with Crippen LogP contribution in [-0.2, 0) is 14.6 Å². The second-order valence-electron chi connectivity index (χ2n) is 9.48. The first-order valence-corrected chi connectivity index (χ1v) is 12.4. The maximum Gasteiger partial charge on any atom is 0.410 e. The van der Waals surface area contributed by atoms with Crippen LogP contribution in [0.2, 0.25) is 0 Å². The van der Waals surface area contributed by atoms with E-state index in [-0.39, 0.29) is 6.09 Å². The molecule has 1 aromatic carbocycles. The maximum atomic E-state index is 12.2. The van der Waals surface area contributed by atoms with Crippen LogP contribution in [-0.4, -0.2) is 50.9 Å². The minimum Gasteiger partial charge on any atom is -0.444 e. The fraction of sp³-hybridized carbons (Fsp3) is 0.682. The van der Waals surface area contributed by atoms with Gasteiger partial charge in [-0.05, 0) is 88.5 Å². The van der Waals surface area contributed by atoms with E-state index in [0.29, 0.717) is 10.8 Å². The highest BCUT2D eigenvalue weighted by Gasteiger charge is 2.43. The molecule has 0 unspecified atom stereocenters. The molecule has 1 aliphatic carbocycles. The van der Waals surface area contributed by atoms with E-state index in [2.05, 4.69) is 5.32 Å². The number of ether oxygens (including phenoxy) is 1. The quantitative estimate of drug-likeness (QED) is 0.744. The predicted molar refractivity (Wildman–Crippen MR) is 115 cm³/mol. The van der Waals surface area contributed by atoms with Crippen LogP contribution >= 0.6 is 0 Å². The zero-order valence-corrected chi connectivity index (χ0v) is 18.8. The Morgan fingerprint density at radius 3 is 2.34 bits per heavy atom. The topological polar surface area (TPSA) is 75.7 Å². The summed E-state index contributed by atoms with van der Waals surface area (Å²) < 4.78 is 28.5. The van der Waals surface area contributed by atoms with Crippen LogP contribution in [0.1, 0.15) is 46.5 Å². The van der Waals surface area contributed by atoms with Crippen molar-refractivity contribution in [1.29, 1.82) is 0 Å². The lowest BCUT2D eigenvalue weighted by molar-refractivity contribution is 0.0174. The summed E-state index contributed by atoms with van der Waals surface area (Å²) in [5.41, 5.74) is 0.522. The van der Waals surface area contributed by atoms with E-state index in [1.165, 1.54) is 12.7 Å². The molecule has 3 rings (SSSR count). The van der Waals surface area contributed by atoms with E-state index in [1.807, 2.05) is 37.8 Å². The number of sulfone groups is 1. The zero-order chi connectivity index (χ0) is 21.2. The van der Waals surface area contributed by atoms with Crippen molar-refractivity contribution in [2.45, 2.75) is 57.0 Å². The third kappa shape index (κ3) is 6.36. The van der Waals surface area contributed by atoms with Crippen molar-refractivity contribution in [3.8, 4) is 0 Å². The van der Waals surface area contributed by atoms with Gasteiger partial charge in [0.05, 0.1) is 4.90 Å². The Labute approximate surface area is 174 Å². The van der Waals surface area contributed by atoms with E-state index in [9.17, 15) is 13.2 Å². The van der Waals surface area contributed by atoms with E-state index in [1.54, 1.807) is 12.1 Å². The molecule has 1 aliphatic heterocycles. The average Bonchev–Trinajstić information content (AvgIpc) is 3.40. The van der Waals surface area contributed by atoms with Gasteiger partial charge in [-0.2, -0.15) is 0 Å². The lowest BCUT2D eigenvalue weighted by atomic mass is 9.90. The monoisotopic (exact) mass is 422 g/mol. The molecule has 0 bridgehead atoms. The zero-order valence-electron chi connectivity index (χ0n) is 18.0. The van der Waals surface area contributed by atoms with Crippen LogP contribution in [0.5, 0.6) is 0 Å². The number of rotatable bonds is 6. The second kappa shape index (κ2) is 8.54. The molecule has 1 amide bonds. The largest absolute Gasteiger partial charge is 0.444 e. The highest BCUT2D eigenvalue weighted by Crippen LogP contribution is 2.49. The molecule has 29 heavy (non-hydrogen) atoms. The molecule has 1 aromatic rings. The summed E-state index contributed by atoms with van der Waals surface area (Å²) in [6, 6.07) is 6.95. The van der Waals surface area contributed by atoms with Crippen molar-refractivity contribution in [3.63, 3.8) is 0 Å². The lowest BCUT2D eigenvalue weighted by Gasteiger charge is -2.33. The van der Waals surface area contributed by atoms with Gasteiger partial charge in [0, 0.05) is 31.6 Å². The number of hydrogen-bond acceptors (Lipinski definition) is 5. The predicted octanol–water partition coefficient (Wildman–Crippen LogP) is 4.18. The Kier molecular flexibility index (Phi) is 6.46. The van der Waals surface area contributed by atoms with Gasteiger partial charge in [-0.3, -0.25) is 0 Å². The molecule has 0 radical (unpaired) electrons. The van der Waals surface area contributed by atoms with Crippen molar-refractivity contribution in [2.24, 2.45) is 17.8 Å². The standard InChI is InChI=1S/C22H34N2O4S/c1-22(2,3)28-21(25)24-13-10-16(11-14-24)20-15-17(20)9-12-23-18-5-7-19(8-6-18)29(4,26)27/h5-8,16-17,20,23H,9-15H2,1-4H3/t17-,20+/m0/s1. The Bertz CT molecular complexity index is 806. The van der Waals surface area contributed by atoms with Crippen LogP contribution in [0.15, 0.2) is 29.2 Å². The van der Waals surface area contributed by atoms with Gasteiger partial charge >= 0.3 is 6.09 Å². The van der Waals surface area contributed by atoms with Gasteiger partial charge < -0.3 is 15.0 Å². The summed E-state index contributed by atoms with van der Waals surface area (Å²) in [6.45, 7) is 8.21. The van der Waals surface area contributed by atoms with Crippen molar-refractivity contribution in [1.82, 2.24) is 4.90 Å². The Balaban J connectivity index is 1.35. The van der Waals surface area contributed by atoms with Crippen LogP contribution in [0.25, 0.3) is 0 Å². The highest BCUT2D eigenvalue weighted by atomic mass is 32.2. The number of carbonyl (C=O) groups excluding carboxylic acids is 1. The number of nitrogens with zero attached hydrogens (tertiary/aromatic N) is 1. The van der Waals surface area contributed by atoms with Gasteiger partial charge in [-0.1, -0.05) is 0 Å². The first-order valence-electron chi connectivity index (χ1n) is 10.5. The number of nitrogens with one attached hydrogen (secondary N) is 1. The number of hydrogen-bond donors (Lipinski definition) is 1. The highest BCUT2D eigenvalue weighted by molar-refractivity contribution is 7.90. The molecular weight excluding hydrogens is 388 g/mol. The van der Waals surface area contributed by atoms with Gasteiger partial charge in [0.2, 0.25) is 0 Å². The Morgan fingerprint density at radius 1 is 1.17 bits per heavy atom. The minimum atomic E-state index is -3.14. The number of amides is 1. The summed E-state index contributed by atoms with van der Waals surface area (Å²) in [5.74, 6) is 2.26. The molecule has 0 spiro atoms. The van der Waals surface area contributed by atoms with E-state index in [0.717, 1.165) is 56.4 Å². The summed E-state index contributed by atoms with van der Waals surface area (Å²) in [4.78, 5) is 14.4. The Morgan fingerprint density at radius 2 is 1.79 bits per heavy atom. The normalized spacial score (nSPS) is 23.0. The SMILES string of the molecule is CC(C)(C)OC(=O)N1CCC([C@H]2C[C@@H]2CCNc2ccc(S(C)(=O)=O)cc2)CC1. The fourth-order valence-electron chi connectivity index (χ4n) is 4.24. The molecule has 1 saturated carbocycles. The third-order valence-corrected chi connectivity index (χ3v) is 7.03. The molecular formula is C22H34N2O4S. The van der Waals surface area contributed by atoms with Crippen molar-refractivity contribution >= 4 is 21.6 Å². The van der Waals surface area contributed by atoms with Gasteiger partial charge in [0.15, 0.2) is 9.84 Å². The second-order valence-corrected chi connectivity index (χ2v) is 11.5. The smallest absolute Gasteiger partial charge is 0.410 e. The molecule has 6 nitrogen and oxygen atoms in total. The number of piperidine rings is 1. The molecule has 2 atom stereocenters. The van der Waals surface area contributed by atoms with Crippen molar-refractivity contribution in [2.75, 3.05) is 31.2 Å². The molecule has 0 aromatic heterocycles. The van der Waals surface area contributed by atoms with Gasteiger partial charge in [-0.15, -0.1) is 0 Å². The summed E-state index contributed by atoms with van der Waals surface area (Å²) in [7, 11) is -3.14. The molecule has 1 N–H and O–H groups in total. The Hall–Kier alpha value is -1.76. The summed E-state index contributed by atoms with van der Waals surface area (Å²) in [6.07, 6.45) is 5.59. The molecule has 162 valence electrons. The molecule has 2 aliphatic rings. The lowest BCUT2D eigenvalue weighted by Crippen LogP contribution is -2.42. The fourth-order valence-corrected chi connectivity index (χ4v) is 4.87. The van der Waals surface area contributed by atoms with E-state index in [4.69, 9.17) is 4.74 Å². The molecule has 1 saturated heterocycles. The van der Waals surface area contributed by atoms with Crippen LogP contribution in [0.3, 0.4) is 0 Å². The number of likely N-dealkylation sites (tertiary alicyclic amines) is 1. The average molecular weight is 423 g/mol. The van der Waals surface area contributed by atoms with Crippen molar-refractivity contribution < 1.29 is 17.9 Å². The van der Waals surface area contributed by atoms with Crippen LogP contribution in [0.4, 0.5) is 10.5 Å². The van der Waals surface area contributed by atoms with E-state index >= 15 is 0 Å². The molecule has 1 heterocycles. The van der Waals surface area contributed by atoms with Crippen molar-refractivity contribution in [3.05, 3.63) is 24.3 Å². The number of benzene rings is 1. The number of carbonyl (C=O) groups is 1. The van der Waals surface area contributed by atoms with Gasteiger partial charge in [0.25, 0.3) is 0 Å². The first-order chi connectivity index (χ1) is 13.5. The summed E-state index contributed by atoms with van der Waals surface area (Å²) in [5, 5.41) is 3.40. The van der Waals surface area contributed by atoms with Crippen LogP contribution in [0, 0.1) is 17.8 Å². The van der Waals surface area contributed by atoms with Gasteiger partial charge in [-0.25, -0.2) is 13.2 Å². The van der Waals surface area contributed by atoms with E-state index < -0.39 is 15.4 Å². The third-order valence-electron chi connectivity index (χ3n) is 5.90.